The molecule has 0 radical (unpaired) electrons. The number of nitrogens with one attached hydrogen (secondary N) is 2. The van der Waals surface area contributed by atoms with Crippen molar-refractivity contribution in [2.24, 2.45) is 0 Å². The summed E-state index contributed by atoms with van der Waals surface area (Å²) in [5.41, 5.74) is 0. The Balaban J connectivity index is 2.95. The fourth-order valence-corrected chi connectivity index (χ4v) is 0.938. The van der Waals surface area contributed by atoms with Gasteiger partial charge in [0.25, 0.3) is 0 Å². The molecule has 0 aliphatic heterocycles. The highest BCUT2D eigenvalue weighted by Gasteiger charge is 1.95. The van der Waals surface area contributed by atoms with E-state index in [1.807, 2.05) is 0 Å². The van der Waals surface area contributed by atoms with Crippen LogP contribution in [0, 0.1) is 0 Å². The van der Waals surface area contributed by atoms with Gasteiger partial charge in [-0.3, -0.25) is 4.79 Å². The van der Waals surface area contributed by atoms with E-state index in [1.54, 1.807) is 7.05 Å². The number of ether oxygens (including phenoxy) is 1. The maximum atomic E-state index is 10.8. The first-order valence-corrected chi connectivity index (χ1v) is 5.30. The minimum Gasteiger partial charge on any atom is -0.381 e. The fourth-order valence-electron chi connectivity index (χ4n) is 0.938. The summed E-state index contributed by atoms with van der Waals surface area (Å²) in [6, 6.07) is 0. The van der Waals surface area contributed by atoms with Crippen molar-refractivity contribution >= 4 is 5.91 Å². The summed E-state index contributed by atoms with van der Waals surface area (Å²) < 4.78 is 5.37. The topological polar surface area (TPSA) is 50.4 Å². The summed E-state index contributed by atoms with van der Waals surface area (Å²) in [6.45, 7) is 5.01. The number of hydrogen-bond acceptors (Lipinski definition) is 3. The molecule has 2 N–H and O–H groups in total. The van der Waals surface area contributed by atoms with E-state index in [2.05, 4.69) is 17.6 Å². The number of carbonyl (C=O) groups excluding carboxylic acids is 1. The molecule has 0 aliphatic carbocycles. The molecule has 0 aromatic carbocycles. The van der Waals surface area contributed by atoms with Crippen molar-refractivity contribution in [3.8, 4) is 0 Å². The lowest BCUT2D eigenvalue weighted by Gasteiger charge is -2.04. The summed E-state index contributed by atoms with van der Waals surface area (Å²) in [7, 11) is 1.64. The largest absolute Gasteiger partial charge is 0.381 e. The zero-order valence-corrected chi connectivity index (χ0v) is 9.27. The second-order valence-electron chi connectivity index (χ2n) is 3.17. The van der Waals surface area contributed by atoms with Crippen LogP contribution < -0.4 is 10.6 Å². The Kier molecular flexibility index (Phi) is 10.0. The van der Waals surface area contributed by atoms with E-state index in [9.17, 15) is 4.79 Å². The van der Waals surface area contributed by atoms with E-state index < -0.39 is 0 Å². The molecule has 14 heavy (non-hydrogen) atoms. The average molecular weight is 202 g/mol. The summed E-state index contributed by atoms with van der Waals surface area (Å²) >= 11 is 0. The van der Waals surface area contributed by atoms with Crippen LogP contribution in [0.3, 0.4) is 0 Å². The van der Waals surface area contributed by atoms with Gasteiger partial charge in [-0.15, -0.1) is 0 Å². The molecule has 1 amide bonds. The fraction of sp³-hybridized carbons (Fsp3) is 0.900. The van der Waals surface area contributed by atoms with Gasteiger partial charge in [-0.2, -0.15) is 0 Å². The predicted molar refractivity (Wildman–Crippen MR) is 57.3 cm³/mol. The summed E-state index contributed by atoms with van der Waals surface area (Å²) in [6.07, 6.45) is 3.27. The van der Waals surface area contributed by atoms with E-state index in [0.717, 1.165) is 32.6 Å². The highest BCUT2D eigenvalue weighted by molar-refractivity contribution is 5.77. The van der Waals surface area contributed by atoms with Gasteiger partial charge in [0.1, 0.15) is 0 Å². The van der Waals surface area contributed by atoms with Gasteiger partial charge >= 0.3 is 0 Å². The van der Waals surface area contributed by atoms with Gasteiger partial charge in [-0.05, 0) is 19.4 Å². The maximum absolute atomic E-state index is 10.8. The van der Waals surface area contributed by atoms with Gasteiger partial charge in [0, 0.05) is 20.3 Å². The Morgan fingerprint density at radius 1 is 1.29 bits per heavy atom. The minimum atomic E-state index is 0.0249. The number of amides is 1. The SMILES string of the molecule is CCCCOCCCNCC(=O)NC. The summed E-state index contributed by atoms with van der Waals surface area (Å²) in [5, 5.41) is 5.59. The van der Waals surface area contributed by atoms with Crippen molar-refractivity contribution in [2.45, 2.75) is 26.2 Å². The van der Waals surface area contributed by atoms with E-state index in [4.69, 9.17) is 4.74 Å². The Morgan fingerprint density at radius 3 is 2.64 bits per heavy atom. The molecule has 0 saturated carbocycles. The van der Waals surface area contributed by atoms with Crippen LogP contribution in [0.25, 0.3) is 0 Å². The molecule has 0 fully saturated rings. The molecule has 0 atom stereocenters. The molecule has 0 unspecified atom stereocenters. The molecular formula is C10H22N2O2. The predicted octanol–water partition coefficient (Wildman–Crippen LogP) is 0.529. The quantitative estimate of drug-likeness (QED) is 0.536. The van der Waals surface area contributed by atoms with E-state index >= 15 is 0 Å². The first-order valence-electron chi connectivity index (χ1n) is 5.30. The number of hydrogen-bond donors (Lipinski definition) is 2. The molecule has 4 heteroatoms. The Bertz CT molecular complexity index is 140. The van der Waals surface area contributed by atoms with Crippen LogP contribution in [0.2, 0.25) is 0 Å². The highest BCUT2D eigenvalue weighted by Crippen LogP contribution is 1.88. The number of unbranched alkanes of at least 4 members (excludes halogenated alkanes) is 1. The molecule has 4 nitrogen and oxygen atoms in total. The van der Waals surface area contributed by atoms with Gasteiger partial charge in [0.2, 0.25) is 5.91 Å². The maximum Gasteiger partial charge on any atom is 0.233 e. The average Bonchev–Trinajstić information content (AvgIpc) is 2.21. The number of carbonyl (C=O) groups is 1. The Labute approximate surface area is 86.4 Å². The number of rotatable bonds is 9. The van der Waals surface area contributed by atoms with Crippen LogP contribution in [0.4, 0.5) is 0 Å². The van der Waals surface area contributed by atoms with Crippen LogP contribution in [-0.2, 0) is 9.53 Å². The molecule has 0 heterocycles. The van der Waals surface area contributed by atoms with Crippen molar-refractivity contribution in [2.75, 3.05) is 33.4 Å². The monoisotopic (exact) mass is 202 g/mol. The molecule has 0 aromatic heterocycles. The molecule has 0 aromatic rings. The lowest BCUT2D eigenvalue weighted by atomic mass is 10.3. The van der Waals surface area contributed by atoms with Crippen LogP contribution in [0.15, 0.2) is 0 Å². The molecule has 0 aliphatic rings. The Morgan fingerprint density at radius 2 is 2.00 bits per heavy atom. The third kappa shape index (κ3) is 9.48. The standard InChI is InChI=1S/C10H22N2O2/c1-3-4-7-14-8-5-6-12-9-10(13)11-2/h12H,3-9H2,1-2H3,(H,11,13). The van der Waals surface area contributed by atoms with Gasteiger partial charge in [-0.25, -0.2) is 0 Å². The molecule has 0 spiro atoms. The number of likely N-dealkylation sites (N-methyl/N-ethyl adjacent to an activating group) is 1. The molecule has 84 valence electrons. The normalized spacial score (nSPS) is 10.1. The summed E-state index contributed by atoms with van der Waals surface area (Å²) in [4.78, 5) is 10.8. The van der Waals surface area contributed by atoms with Crippen LogP contribution in [0.5, 0.6) is 0 Å². The van der Waals surface area contributed by atoms with Crippen molar-refractivity contribution < 1.29 is 9.53 Å². The first-order chi connectivity index (χ1) is 6.81. The molecule has 0 rings (SSSR count). The van der Waals surface area contributed by atoms with Gasteiger partial charge in [0.05, 0.1) is 6.54 Å². The third-order valence-electron chi connectivity index (χ3n) is 1.85. The zero-order chi connectivity index (χ0) is 10.6. The Hall–Kier alpha value is -0.610. The second kappa shape index (κ2) is 10.5. The van der Waals surface area contributed by atoms with Gasteiger partial charge in [-0.1, -0.05) is 13.3 Å². The first kappa shape index (κ1) is 13.4. The van der Waals surface area contributed by atoms with Crippen LogP contribution >= 0.6 is 0 Å². The van der Waals surface area contributed by atoms with E-state index in [1.165, 1.54) is 6.42 Å². The second-order valence-corrected chi connectivity index (χ2v) is 3.17. The van der Waals surface area contributed by atoms with Crippen molar-refractivity contribution in [3.63, 3.8) is 0 Å². The smallest absolute Gasteiger partial charge is 0.233 e. The van der Waals surface area contributed by atoms with E-state index in [0.29, 0.717) is 6.54 Å². The van der Waals surface area contributed by atoms with Crippen LogP contribution in [0.1, 0.15) is 26.2 Å². The highest BCUT2D eigenvalue weighted by atomic mass is 16.5. The molecule has 0 bridgehead atoms. The zero-order valence-electron chi connectivity index (χ0n) is 9.27. The van der Waals surface area contributed by atoms with Gasteiger partial charge in [0.15, 0.2) is 0 Å². The minimum absolute atomic E-state index is 0.0249. The van der Waals surface area contributed by atoms with Gasteiger partial charge < -0.3 is 15.4 Å². The van der Waals surface area contributed by atoms with Crippen LogP contribution in [-0.4, -0.2) is 39.3 Å². The molecular weight excluding hydrogens is 180 g/mol. The van der Waals surface area contributed by atoms with Crippen molar-refractivity contribution in [1.82, 2.24) is 10.6 Å². The van der Waals surface area contributed by atoms with E-state index in [-0.39, 0.29) is 5.91 Å². The van der Waals surface area contributed by atoms with Crippen molar-refractivity contribution in [3.05, 3.63) is 0 Å². The van der Waals surface area contributed by atoms with Crippen molar-refractivity contribution in [1.29, 1.82) is 0 Å². The lowest BCUT2D eigenvalue weighted by Crippen LogP contribution is -2.32. The summed E-state index contributed by atoms with van der Waals surface area (Å²) in [5.74, 6) is 0.0249. The third-order valence-corrected chi connectivity index (χ3v) is 1.85. The lowest BCUT2D eigenvalue weighted by molar-refractivity contribution is -0.119. The molecule has 0 saturated heterocycles.